The van der Waals surface area contributed by atoms with Crippen LogP contribution in [-0.2, 0) is 9.53 Å². The second kappa shape index (κ2) is 6.79. The predicted octanol–water partition coefficient (Wildman–Crippen LogP) is 0.511. The van der Waals surface area contributed by atoms with Crippen LogP contribution >= 0.6 is 0 Å². The lowest BCUT2D eigenvalue weighted by atomic mass is 10.0. The van der Waals surface area contributed by atoms with Crippen molar-refractivity contribution < 1.29 is 9.53 Å². The standard InChI is InChI=1S/C10H22N2O2/c1-7(2)5-9(11)10(13)12-8(3)6-14-4/h7-9H,5-6,11H2,1-4H3,(H,12,13)/t8?,9-/m0/s1. The summed E-state index contributed by atoms with van der Waals surface area (Å²) >= 11 is 0. The molecule has 0 spiro atoms. The van der Waals surface area contributed by atoms with E-state index in [1.807, 2.05) is 20.8 Å². The third-order valence-corrected chi connectivity index (χ3v) is 1.87. The van der Waals surface area contributed by atoms with Crippen LogP contribution in [0.1, 0.15) is 27.2 Å². The maximum absolute atomic E-state index is 11.5. The maximum atomic E-state index is 11.5. The first kappa shape index (κ1) is 13.4. The normalized spacial score (nSPS) is 15.3. The quantitative estimate of drug-likeness (QED) is 0.659. The number of carbonyl (C=O) groups is 1. The molecule has 4 nitrogen and oxygen atoms in total. The van der Waals surface area contributed by atoms with Crippen molar-refractivity contribution in [1.82, 2.24) is 5.32 Å². The zero-order chi connectivity index (χ0) is 11.1. The molecule has 0 aliphatic carbocycles. The van der Waals surface area contributed by atoms with Gasteiger partial charge in [-0.2, -0.15) is 0 Å². The molecule has 1 amide bonds. The Kier molecular flexibility index (Phi) is 6.49. The summed E-state index contributed by atoms with van der Waals surface area (Å²) in [5, 5.41) is 2.80. The molecule has 0 rings (SSSR count). The Morgan fingerprint density at radius 1 is 1.43 bits per heavy atom. The summed E-state index contributed by atoms with van der Waals surface area (Å²) in [7, 11) is 1.61. The van der Waals surface area contributed by atoms with Crippen molar-refractivity contribution in [3.05, 3.63) is 0 Å². The highest BCUT2D eigenvalue weighted by atomic mass is 16.5. The van der Waals surface area contributed by atoms with Crippen molar-refractivity contribution in [2.45, 2.75) is 39.3 Å². The average molecular weight is 202 g/mol. The van der Waals surface area contributed by atoms with Gasteiger partial charge in [-0.25, -0.2) is 0 Å². The van der Waals surface area contributed by atoms with E-state index >= 15 is 0 Å². The van der Waals surface area contributed by atoms with Gasteiger partial charge in [-0.1, -0.05) is 13.8 Å². The number of ether oxygens (including phenoxy) is 1. The lowest BCUT2D eigenvalue weighted by Crippen LogP contribution is -2.46. The van der Waals surface area contributed by atoms with Crippen LogP contribution < -0.4 is 11.1 Å². The Labute approximate surface area is 86.2 Å². The fraction of sp³-hybridized carbons (Fsp3) is 0.900. The molecule has 0 fully saturated rings. The summed E-state index contributed by atoms with van der Waals surface area (Å²) in [6.07, 6.45) is 0.714. The summed E-state index contributed by atoms with van der Waals surface area (Å²) in [6.45, 7) is 6.50. The summed E-state index contributed by atoms with van der Waals surface area (Å²) in [6, 6.07) is -0.389. The molecule has 0 heterocycles. The molecule has 0 aliphatic rings. The number of hydrogen-bond donors (Lipinski definition) is 2. The van der Waals surface area contributed by atoms with E-state index < -0.39 is 6.04 Å². The molecule has 0 saturated carbocycles. The highest BCUT2D eigenvalue weighted by Gasteiger charge is 2.16. The average Bonchev–Trinajstić information content (AvgIpc) is 2.02. The van der Waals surface area contributed by atoms with Crippen LogP contribution in [0, 0.1) is 5.92 Å². The minimum absolute atomic E-state index is 0.0192. The molecular formula is C10H22N2O2. The summed E-state index contributed by atoms with van der Waals surface area (Å²) in [5.74, 6) is 0.344. The third-order valence-electron chi connectivity index (χ3n) is 1.87. The molecule has 14 heavy (non-hydrogen) atoms. The predicted molar refractivity (Wildman–Crippen MR) is 56.9 cm³/mol. The van der Waals surface area contributed by atoms with Crippen LogP contribution in [0.4, 0.5) is 0 Å². The molecule has 0 radical (unpaired) electrons. The summed E-state index contributed by atoms with van der Waals surface area (Å²) in [5.41, 5.74) is 5.71. The first-order valence-electron chi connectivity index (χ1n) is 5.02. The van der Waals surface area contributed by atoms with E-state index in [1.165, 1.54) is 0 Å². The topological polar surface area (TPSA) is 64.3 Å². The number of hydrogen-bond acceptors (Lipinski definition) is 3. The Morgan fingerprint density at radius 2 is 2.00 bits per heavy atom. The van der Waals surface area contributed by atoms with E-state index in [4.69, 9.17) is 10.5 Å². The van der Waals surface area contributed by atoms with Crippen molar-refractivity contribution in [1.29, 1.82) is 0 Å². The van der Waals surface area contributed by atoms with Crippen molar-refractivity contribution in [3.63, 3.8) is 0 Å². The third kappa shape index (κ3) is 5.94. The van der Waals surface area contributed by atoms with Gasteiger partial charge in [-0.05, 0) is 19.3 Å². The first-order chi connectivity index (χ1) is 6.47. The van der Waals surface area contributed by atoms with Gasteiger partial charge in [-0.3, -0.25) is 4.79 Å². The van der Waals surface area contributed by atoms with Gasteiger partial charge in [0.15, 0.2) is 0 Å². The number of amides is 1. The molecule has 2 atom stereocenters. The Hall–Kier alpha value is -0.610. The first-order valence-corrected chi connectivity index (χ1v) is 5.02. The lowest BCUT2D eigenvalue weighted by molar-refractivity contribution is -0.123. The van der Waals surface area contributed by atoms with Gasteiger partial charge in [0.25, 0.3) is 0 Å². The number of methoxy groups -OCH3 is 1. The summed E-state index contributed by atoms with van der Waals surface area (Å²) in [4.78, 5) is 11.5. The smallest absolute Gasteiger partial charge is 0.237 e. The molecule has 0 aromatic heterocycles. The molecule has 0 bridgehead atoms. The van der Waals surface area contributed by atoms with Crippen LogP contribution in [-0.4, -0.2) is 31.7 Å². The van der Waals surface area contributed by atoms with E-state index in [9.17, 15) is 4.79 Å². The van der Waals surface area contributed by atoms with Gasteiger partial charge >= 0.3 is 0 Å². The van der Waals surface area contributed by atoms with Gasteiger partial charge in [0, 0.05) is 13.2 Å². The molecule has 4 heteroatoms. The van der Waals surface area contributed by atoms with Crippen molar-refractivity contribution in [2.75, 3.05) is 13.7 Å². The van der Waals surface area contributed by atoms with Crippen LogP contribution in [0.3, 0.4) is 0 Å². The largest absolute Gasteiger partial charge is 0.383 e. The van der Waals surface area contributed by atoms with Gasteiger partial charge in [0.2, 0.25) is 5.91 Å². The number of carbonyl (C=O) groups excluding carboxylic acids is 1. The van der Waals surface area contributed by atoms with E-state index in [0.29, 0.717) is 18.9 Å². The molecule has 1 unspecified atom stereocenters. The molecule has 0 saturated heterocycles. The van der Waals surface area contributed by atoms with Crippen LogP contribution in [0.25, 0.3) is 0 Å². The molecule has 0 aliphatic heterocycles. The minimum Gasteiger partial charge on any atom is -0.383 e. The van der Waals surface area contributed by atoms with Crippen LogP contribution in [0.5, 0.6) is 0 Å². The van der Waals surface area contributed by atoms with E-state index in [-0.39, 0.29) is 11.9 Å². The number of nitrogens with one attached hydrogen (secondary N) is 1. The van der Waals surface area contributed by atoms with Gasteiger partial charge in [0.05, 0.1) is 12.6 Å². The van der Waals surface area contributed by atoms with Gasteiger partial charge in [0.1, 0.15) is 0 Å². The molecular weight excluding hydrogens is 180 g/mol. The zero-order valence-electron chi connectivity index (χ0n) is 9.54. The van der Waals surface area contributed by atoms with Gasteiger partial charge < -0.3 is 15.8 Å². The lowest BCUT2D eigenvalue weighted by Gasteiger charge is -2.17. The van der Waals surface area contributed by atoms with Crippen LogP contribution in [0.15, 0.2) is 0 Å². The fourth-order valence-corrected chi connectivity index (χ4v) is 1.26. The second-order valence-corrected chi connectivity index (χ2v) is 4.10. The molecule has 0 aromatic rings. The van der Waals surface area contributed by atoms with E-state index in [2.05, 4.69) is 5.32 Å². The molecule has 0 aromatic carbocycles. The Bertz CT molecular complexity index is 172. The highest BCUT2D eigenvalue weighted by molar-refractivity contribution is 5.81. The van der Waals surface area contributed by atoms with Crippen molar-refractivity contribution >= 4 is 5.91 Å². The van der Waals surface area contributed by atoms with Crippen molar-refractivity contribution in [3.8, 4) is 0 Å². The fourth-order valence-electron chi connectivity index (χ4n) is 1.26. The monoisotopic (exact) mass is 202 g/mol. The van der Waals surface area contributed by atoms with E-state index in [0.717, 1.165) is 0 Å². The Balaban J connectivity index is 3.82. The van der Waals surface area contributed by atoms with Crippen molar-refractivity contribution in [2.24, 2.45) is 11.7 Å². The Morgan fingerprint density at radius 3 is 2.43 bits per heavy atom. The second-order valence-electron chi connectivity index (χ2n) is 4.10. The minimum atomic E-state index is -0.408. The number of nitrogens with two attached hydrogens (primary N) is 1. The van der Waals surface area contributed by atoms with E-state index in [1.54, 1.807) is 7.11 Å². The van der Waals surface area contributed by atoms with Crippen LogP contribution in [0.2, 0.25) is 0 Å². The van der Waals surface area contributed by atoms with Gasteiger partial charge in [-0.15, -0.1) is 0 Å². The molecule has 3 N–H and O–H groups in total. The highest BCUT2D eigenvalue weighted by Crippen LogP contribution is 2.02. The number of rotatable bonds is 6. The zero-order valence-corrected chi connectivity index (χ0v) is 9.54. The molecule has 84 valence electrons. The summed E-state index contributed by atoms with van der Waals surface area (Å²) < 4.78 is 4.91. The SMILES string of the molecule is COCC(C)NC(=O)[C@@H](N)CC(C)C. The maximum Gasteiger partial charge on any atom is 0.237 e.